The molecule has 1 N–H and O–H groups in total. The summed E-state index contributed by atoms with van der Waals surface area (Å²) in [5.74, 6) is 1.19. The largest absolute Gasteiger partial charge is 0.368 e. The summed E-state index contributed by atoms with van der Waals surface area (Å²) in [7, 11) is 0. The Hall–Kier alpha value is -2.77. The number of benzene rings is 2. The van der Waals surface area contributed by atoms with Gasteiger partial charge in [-0.15, -0.1) is 0 Å². The Morgan fingerprint density at radius 1 is 0.968 bits per heavy atom. The van der Waals surface area contributed by atoms with Gasteiger partial charge in [0.1, 0.15) is 17.2 Å². The number of anilines is 2. The number of halogens is 1. The summed E-state index contributed by atoms with van der Waals surface area (Å²) < 4.78 is 0. The van der Waals surface area contributed by atoms with Gasteiger partial charge in [-0.25, -0.2) is 9.97 Å². The topological polar surface area (TPSA) is 61.4 Å². The van der Waals surface area contributed by atoms with Crippen molar-refractivity contribution in [3.8, 4) is 0 Å². The summed E-state index contributed by atoms with van der Waals surface area (Å²) in [6.45, 7) is 4.18. The summed E-state index contributed by atoms with van der Waals surface area (Å²) in [5.41, 5.74) is 2.27. The van der Waals surface area contributed by atoms with Crippen LogP contribution in [0.15, 0.2) is 72.0 Å². The van der Waals surface area contributed by atoms with Crippen LogP contribution in [0.5, 0.6) is 0 Å². The monoisotopic (exact) mass is 453 g/mol. The van der Waals surface area contributed by atoms with E-state index >= 15 is 0 Å². The maximum absolute atomic E-state index is 12.2. The highest BCUT2D eigenvalue weighted by molar-refractivity contribution is 7.99. The molecule has 31 heavy (non-hydrogen) atoms. The molecular weight excluding hydrogens is 430 g/mol. The van der Waals surface area contributed by atoms with Crippen LogP contribution in [-0.4, -0.2) is 47.8 Å². The number of hydrogen-bond acceptors (Lipinski definition) is 6. The van der Waals surface area contributed by atoms with Crippen molar-refractivity contribution in [3.05, 3.63) is 77.6 Å². The molecule has 0 saturated carbocycles. The minimum Gasteiger partial charge on any atom is -0.368 e. The number of piperazine rings is 1. The maximum Gasteiger partial charge on any atom is 0.230 e. The van der Waals surface area contributed by atoms with Gasteiger partial charge in [0.25, 0.3) is 0 Å². The minimum atomic E-state index is -0.0309. The van der Waals surface area contributed by atoms with Crippen LogP contribution in [0.1, 0.15) is 5.56 Å². The fourth-order valence-corrected chi connectivity index (χ4v) is 4.23. The summed E-state index contributed by atoms with van der Waals surface area (Å²) >= 11 is 7.31. The number of carbonyl (C=O) groups is 1. The van der Waals surface area contributed by atoms with Gasteiger partial charge in [-0.05, 0) is 29.8 Å². The minimum absolute atomic E-state index is 0.0309. The fourth-order valence-electron chi connectivity index (χ4n) is 3.41. The molecule has 1 amide bonds. The Morgan fingerprint density at radius 2 is 1.68 bits per heavy atom. The van der Waals surface area contributed by atoms with Gasteiger partial charge in [0.2, 0.25) is 5.91 Å². The van der Waals surface area contributed by atoms with Crippen LogP contribution in [0.25, 0.3) is 0 Å². The molecule has 1 fully saturated rings. The van der Waals surface area contributed by atoms with E-state index in [1.807, 2.05) is 36.4 Å². The van der Waals surface area contributed by atoms with Crippen molar-refractivity contribution in [2.75, 3.05) is 41.7 Å². The van der Waals surface area contributed by atoms with Gasteiger partial charge in [-0.3, -0.25) is 4.79 Å². The molecule has 6 nitrogen and oxygen atoms in total. The standard InChI is InChI=1S/C23H24ClN5OS/c24-19-8-6-18(7-9-19)15-25-22(30)16-31-23-14-21(26-17-27-23)29-12-10-28(11-13-29)20-4-2-1-3-5-20/h1-9,14,17H,10-13,15-16H2,(H,25,30). The molecule has 3 aromatic rings. The van der Waals surface area contributed by atoms with Crippen molar-refractivity contribution in [2.24, 2.45) is 0 Å². The van der Waals surface area contributed by atoms with E-state index in [9.17, 15) is 4.79 Å². The van der Waals surface area contributed by atoms with Crippen LogP contribution in [-0.2, 0) is 11.3 Å². The predicted molar refractivity (Wildman–Crippen MR) is 127 cm³/mol. The average molecular weight is 454 g/mol. The van der Waals surface area contributed by atoms with Crippen molar-refractivity contribution in [1.29, 1.82) is 0 Å². The van der Waals surface area contributed by atoms with E-state index in [-0.39, 0.29) is 5.91 Å². The molecule has 1 saturated heterocycles. The Morgan fingerprint density at radius 3 is 2.42 bits per heavy atom. The third-order valence-electron chi connectivity index (χ3n) is 5.11. The SMILES string of the molecule is O=C(CSc1cc(N2CCN(c3ccccc3)CC2)ncn1)NCc1ccc(Cl)cc1. The first kappa shape index (κ1) is 21.5. The third-order valence-corrected chi connectivity index (χ3v) is 6.28. The molecule has 8 heteroatoms. The van der Waals surface area contributed by atoms with Gasteiger partial charge >= 0.3 is 0 Å². The number of nitrogens with one attached hydrogen (secondary N) is 1. The van der Waals surface area contributed by atoms with Gasteiger partial charge in [0, 0.05) is 49.5 Å². The molecule has 0 aliphatic carbocycles. The molecule has 0 unspecified atom stereocenters. The van der Waals surface area contributed by atoms with E-state index in [1.54, 1.807) is 6.33 Å². The molecule has 2 aromatic carbocycles. The summed E-state index contributed by atoms with van der Waals surface area (Å²) in [6, 6.07) is 19.9. The molecule has 0 spiro atoms. The third kappa shape index (κ3) is 6.12. The number of para-hydroxylation sites is 1. The smallest absolute Gasteiger partial charge is 0.230 e. The van der Waals surface area contributed by atoms with E-state index in [2.05, 4.69) is 49.4 Å². The predicted octanol–water partition coefficient (Wildman–Crippen LogP) is 3.87. The number of rotatable bonds is 7. The second-order valence-electron chi connectivity index (χ2n) is 7.22. The molecule has 0 bridgehead atoms. The van der Waals surface area contributed by atoms with E-state index in [0.29, 0.717) is 17.3 Å². The van der Waals surface area contributed by atoms with Crippen LogP contribution in [0.2, 0.25) is 5.02 Å². The first-order chi connectivity index (χ1) is 15.2. The lowest BCUT2D eigenvalue weighted by Gasteiger charge is -2.36. The first-order valence-electron chi connectivity index (χ1n) is 10.2. The number of thioether (sulfide) groups is 1. The zero-order chi connectivity index (χ0) is 21.5. The molecule has 0 atom stereocenters. The fraction of sp³-hybridized carbons (Fsp3) is 0.261. The van der Waals surface area contributed by atoms with Crippen LogP contribution >= 0.6 is 23.4 Å². The maximum atomic E-state index is 12.2. The summed E-state index contributed by atoms with van der Waals surface area (Å²) in [5, 5.41) is 4.41. The normalized spacial score (nSPS) is 13.8. The van der Waals surface area contributed by atoms with Crippen molar-refractivity contribution in [1.82, 2.24) is 15.3 Å². The van der Waals surface area contributed by atoms with E-state index < -0.39 is 0 Å². The van der Waals surface area contributed by atoms with E-state index in [0.717, 1.165) is 42.6 Å². The van der Waals surface area contributed by atoms with Crippen LogP contribution < -0.4 is 15.1 Å². The lowest BCUT2D eigenvalue weighted by molar-refractivity contribution is -0.118. The van der Waals surface area contributed by atoms with Gasteiger partial charge in [0.05, 0.1) is 5.75 Å². The van der Waals surface area contributed by atoms with E-state index in [4.69, 9.17) is 11.6 Å². The number of amides is 1. The summed E-state index contributed by atoms with van der Waals surface area (Å²) in [4.78, 5) is 25.6. The summed E-state index contributed by atoms with van der Waals surface area (Å²) in [6.07, 6.45) is 1.58. The molecule has 1 aromatic heterocycles. The Labute approximate surface area is 191 Å². The van der Waals surface area contributed by atoms with Gasteiger partial charge in [-0.2, -0.15) is 0 Å². The second-order valence-corrected chi connectivity index (χ2v) is 8.65. The van der Waals surface area contributed by atoms with Gasteiger partial charge < -0.3 is 15.1 Å². The molecule has 1 aliphatic rings. The first-order valence-corrected chi connectivity index (χ1v) is 11.5. The number of aromatic nitrogens is 2. The Bertz CT molecular complexity index is 994. The molecule has 2 heterocycles. The number of hydrogen-bond donors (Lipinski definition) is 1. The molecular formula is C23H24ClN5OS. The Kier molecular flexibility index (Phi) is 7.27. The molecule has 4 rings (SSSR count). The van der Waals surface area contributed by atoms with Gasteiger partial charge in [-0.1, -0.05) is 53.7 Å². The molecule has 0 radical (unpaired) electrons. The zero-order valence-corrected chi connectivity index (χ0v) is 18.6. The highest BCUT2D eigenvalue weighted by Crippen LogP contribution is 2.22. The average Bonchev–Trinajstić information content (AvgIpc) is 2.83. The van der Waals surface area contributed by atoms with Crippen molar-refractivity contribution >= 4 is 40.8 Å². The highest BCUT2D eigenvalue weighted by atomic mass is 35.5. The lowest BCUT2D eigenvalue weighted by Crippen LogP contribution is -2.46. The second kappa shape index (κ2) is 10.5. The quantitative estimate of drug-likeness (QED) is 0.433. The van der Waals surface area contributed by atoms with Gasteiger partial charge in [0.15, 0.2) is 0 Å². The molecule has 1 aliphatic heterocycles. The number of carbonyl (C=O) groups excluding carboxylic acids is 1. The highest BCUT2D eigenvalue weighted by Gasteiger charge is 2.18. The van der Waals surface area contributed by atoms with E-state index in [1.165, 1.54) is 17.4 Å². The van der Waals surface area contributed by atoms with Crippen LogP contribution in [0.4, 0.5) is 11.5 Å². The van der Waals surface area contributed by atoms with Crippen LogP contribution in [0, 0.1) is 0 Å². The lowest BCUT2D eigenvalue weighted by atomic mass is 10.2. The zero-order valence-electron chi connectivity index (χ0n) is 17.1. The van der Waals surface area contributed by atoms with Crippen molar-refractivity contribution < 1.29 is 4.79 Å². The Balaban J connectivity index is 1.25. The van der Waals surface area contributed by atoms with Crippen LogP contribution in [0.3, 0.4) is 0 Å². The van der Waals surface area contributed by atoms with Crippen molar-refractivity contribution in [2.45, 2.75) is 11.6 Å². The van der Waals surface area contributed by atoms with Crippen molar-refractivity contribution in [3.63, 3.8) is 0 Å². The molecule has 160 valence electrons. The number of nitrogens with zero attached hydrogens (tertiary/aromatic N) is 4.